The van der Waals surface area contributed by atoms with Crippen LogP contribution in [0, 0.1) is 13.8 Å². The van der Waals surface area contributed by atoms with Gasteiger partial charge in [-0.25, -0.2) is 0 Å². The van der Waals surface area contributed by atoms with Crippen LogP contribution in [0.15, 0.2) is 30.5 Å². The zero-order valence-corrected chi connectivity index (χ0v) is 17.7. The standard InChI is InChI=1S/C23H30N4S/c1-15-14-19(16(2)26(15)18-11-12-18)22-21(20-10-6-7-13-24-20)25-23(28)27(22)17-8-4-3-5-9-17/h6-7,10,13-14,17-18,21-22H,3-5,8-9,11-12H2,1-2H3,(H,25,28)/t21-,22-/m0/s1. The lowest BCUT2D eigenvalue weighted by Crippen LogP contribution is -2.40. The predicted molar refractivity (Wildman–Crippen MR) is 116 cm³/mol. The summed E-state index contributed by atoms with van der Waals surface area (Å²) in [5, 5.41) is 4.56. The van der Waals surface area contributed by atoms with Gasteiger partial charge in [0.05, 0.1) is 17.8 Å². The third kappa shape index (κ3) is 3.04. The SMILES string of the molecule is Cc1cc([C@H]2[C@H](c3ccccn3)NC(=S)N2C2CCCCC2)c(C)n1C1CC1. The quantitative estimate of drug-likeness (QED) is 0.728. The van der Waals surface area contributed by atoms with E-state index in [9.17, 15) is 0 Å². The van der Waals surface area contributed by atoms with Crippen LogP contribution in [0.1, 0.15) is 85.7 Å². The van der Waals surface area contributed by atoms with Crippen LogP contribution in [0.2, 0.25) is 0 Å². The van der Waals surface area contributed by atoms with Gasteiger partial charge in [-0.05, 0) is 75.5 Å². The van der Waals surface area contributed by atoms with E-state index in [-0.39, 0.29) is 12.1 Å². The van der Waals surface area contributed by atoms with Crippen molar-refractivity contribution in [1.29, 1.82) is 0 Å². The van der Waals surface area contributed by atoms with Crippen LogP contribution >= 0.6 is 12.2 Å². The molecule has 0 amide bonds. The maximum atomic E-state index is 5.90. The largest absolute Gasteiger partial charge is 0.352 e. The second kappa shape index (κ2) is 7.18. The summed E-state index contributed by atoms with van der Waals surface area (Å²) < 4.78 is 2.56. The molecule has 4 nitrogen and oxygen atoms in total. The van der Waals surface area contributed by atoms with Crippen LogP contribution in [0.3, 0.4) is 0 Å². The molecule has 0 aromatic carbocycles. The van der Waals surface area contributed by atoms with E-state index in [1.165, 1.54) is 61.9 Å². The Morgan fingerprint density at radius 3 is 2.50 bits per heavy atom. The molecule has 148 valence electrons. The molecule has 2 aromatic rings. The van der Waals surface area contributed by atoms with Gasteiger partial charge in [-0.1, -0.05) is 25.3 Å². The molecule has 3 heterocycles. The Morgan fingerprint density at radius 2 is 1.82 bits per heavy atom. The van der Waals surface area contributed by atoms with Crippen LogP contribution in [0.25, 0.3) is 0 Å². The zero-order chi connectivity index (χ0) is 19.3. The summed E-state index contributed by atoms with van der Waals surface area (Å²) in [5.41, 5.74) is 5.32. The van der Waals surface area contributed by atoms with Crippen LogP contribution in [-0.4, -0.2) is 25.6 Å². The first kappa shape index (κ1) is 18.2. The minimum atomic E-state index is 0.115. The second-order valence-electron chi connectivity index (χ2n) is 8.75. The molecule has 0 radical (unpaired) electrons. The highest BCUT2D eigenvalue weighted by atomic mass is 32.1. The highest BCUT2D eigenvalue weighted by molar-refractivity contribution is 7.80. The Morgan fingerprint density at radius 1 is 1.04 bits per heavy atom. The minimum absolute atomic E-state index is 0.115. The van der Waals surface area contributed by atoms with Gasteiger partial charge in [-0.2, -0.15) is 0 Å². The molecule has 0 spiro atoms. The summed E-state index contributed by atoms with van der Waals surface area (Å²) in [6.45, 7) is 4.56. The lowest BCUT2D eigenvalue weighted by Gasteiger charge is -2.37. The number of hydrogen-bond donors (Lipinski definition) is 1. The van der Waals surface area contributed by atoms with E-state index in [1.807, 2.05) is 12.3 Å². The van der Waals surface area contributed by atoms with Gasteiger partial charge in [0.2, 0.25) is 0 Å². The summed E-state index contributed by atoms with van der Waals surface area (Å²) in [6.07, 6.45) is 11.0. The van der Waals surface area contributed by atoms with E-state index in [0.717, 1.165) is 10.8 Å². The average Bonchev–Trinajstić information content (AvgIpc) is 3.42. The van der Waals surface area contributed by atoms with Gasteiger partial charge < -0.3 is 14.8 Å². The Bertz CT molecular complexity index is 864. The Kier molecular flexibility index (Phi) is 4.66. The van der Waals surface area contributed by atoms with Gasteiger partial charge in [0.25, 0.3) is 0 Å². The van der Waals surface area contributed by atoms with Crippen molar-refractivity contribution in [3.05, 3.63) is 53.1 Å². The Labute approximate surface area is 173 Å². The van der Waals surface area contributed by atoms with E-state index < -0.39 is 0 Å². The second-order valence-corrected chi connectivity index (χ2v) is 9.14. The number of nitrogens with one attached hydrogen (secondary N) is 1. The molecule has 2 atom stereocenters. The summed E-state index contributed by atoms with van der Waals surface area (Å²) in [5.74, 6) is 0. The topological polar surface area (TPSA) is 33.1 Å². The van der Waals surface area contributed by atoms with Crippen molar-refractivity contribution in [2.45, 2.75) is 83.0 Å². The molecule has 1 N–H and O–H groups in total. The smallest absolute Gasteiger partial charge is 0.170 e. The molecule has 28 heavy (non-hydrogen) atoms. The number of pyridine rings is 1. The molecular weight excluding hydrogens is 364 g/mol. The van der Waals surface area contributed by atoms with Crippen molar-refractivity contribution in [3.8, 4) is 0 Å². The van der Waals surface area contributed by atoms with Gasteiger partial charge in [0, 0.05) is 29.7 Å². The van der Waals surface area contributed by atoms with E-state index in [0.29, 0.717) is 12.1 Å². The fourth-order valence-electron chi connectivity index (χ4n) is 5.45. The molecule has 3 aliphatic rings. The van der Waals surface area contributed by atoms with Crippen molar-refractivity contribution < 1.29 is 0 Å². The monoisotopic (exact) mass is 394 g/mol. The van der Waals surface area contributed by atoms with Gasteiger partial charge in [0.1, 0.15) is 0 Å². The molecule has 3 fully saturated rings. The minimum Gasteiger partial charge on any atom is -0.352 e. The molecule has 5 heteroatoms. The number of thiocarbonyl (C=S) groups is 1. The van der Waals surface area contributed by atoms with Gasteiger partial charge in [0.15, 0.2) is 5.11 Å². The first-order chi connectivity index (χ1) is 13.6. The molecule has 2 saturated carbocycles. The van der Waals surface area contributed by atoms with E-state index in [4.69, 9.17) is 17.2 Å². The van der Waals surface area contributed by atoms with Crippen LogP contribution in [-0.2, 0) is 0 Å². The third-order valence-corrected chi connectivity index (χ3v) is 7.19. The van der Waals surface area contributed by atoms with Crippen molar-refractivity contribution in [1.82, 2.24) is 19.8 Å². The number of hydrogen-bond acceptors (Lipinski definition) is 2. The predicted octanol–water partition coefficient (Wildman–Crippen LogP) is 5.14. The molecule has 1 aliphatic heterocycles. The van der Waals surface area contributed by atoms with Crippen LogP contribution < -0.4 is 5.32 Å². The van der Waals surface area contributed by atoms with Crippen LogP contribution in [0.4, 0.5) is 0 Å². The lowest BCUT2D eigenvalue weighted by molar-refractivity contribution is 0.196. The first-order valence-corrected chi connectivity index (χ1v) is 11.2. The Balaban J connectivity index is 1.59. The normalized spacial score (nSPS) is 25.9. The van der Waals surface area contributed by atoms with Gasteiger partial charge >= 0.3 is 0 Å². The fourth-order valence-corrected chi connectivity index (χ4v) is 5.84. The maximum absolute atomic E-state index is 5.90. The molecule has 0 unspecified atom stereocenters. The van der Waals surface area contributed by atoms with Crippen LogP contribution in [0.5, 0.6) is 0 Å². The van der Waals surface area contributed by atoms with Crippen molar-refractivity contribution in [2.75, 3.05) is 0 Å². The van der Waals surface area contributed by atoms with Gasteiger partial charge in [-0.3, -0.25) is 4.98 Å². The highest BCUT2D eigenvalue weighted by Gasteiger charge is 2.44. The summed E-state index contributed by atoms with van der Waals surface area (Å²) in [7, 11) is 0. The lowest BCUT2D eigenvalue weighted by atomic mass is 9.90. The number of aryl methyl sites for hydroxylation is 1. The first-order valence-electron chi connectivity index (χ1n) is 10.8. The third-order valence-electron chi connectivity index (χ3n) is 6.86. The van der Waals surface area contributed by atoms with Crippen molar-refractivity contribution in [2.24, 2.45) is 0 Å². The van der Waals surface area contributed by atoms with Crippen molar-refractivity contribution >= 4 is 17.3 Å². The molecule has 0 bridgehead atoms. The summed E-state index contributed by atoms with van der Waals surface area (Å²) in [6, 6.07) is 10.2. The molecular formula is C23H30N4S. The van der Waals surface area contributed by atoms with E-state index >= 15 is 0 Å². The van der Waals surface area contributed by atoms with Gasteiger partial charge in [-0.15, -0.1) is 0 Å². The number of nitrogens with zero attached hydrogens (tertiary/aromatic N) is 3. The molecule has 5 rings (SSSR count). The highest BCUT2D eigenvalue weighted by Crippen LogP contribution is 2.46. The molecule has 1 saturated heterocycles. The summed E-state index contributed by atoms with van der Waals surface area (Å²) in [4.78, 5) is 7.24. The van der Waals surface area contributed by atoms with E-state index in [1.54, 1.807) is 0 Å². The molecule has 2 aromatic heterocycles. The van der Waals surface area contributed by atoms with Crippen molar-refractivity contribution in [3.63, 3.8) is 0 Å². The number of rotatable bonds is 4. The summed E-state index contributed by atoms with van der Waals surface area (Å²) >= 11 is 5.90. The zero-order valence-electron chi connectivity index (χ0n) is 16.9. The maximum Gasteiger partial charge on any atom is 0.170 e. The number of aromatic nitrogens is 2. The average molecular weight is 395 g/mol. The molecule has 2 aliphatic carbocycles. The van der Waals surface area contributed by atoms with E-state index in [2.05, 4.69) is 46.8 Å². The Hall–Kier alpha value is -1.88. The fraction of sp³-hybridized carbons (Fsp3) is 0.565.